The number of aromatic nitrogens is 1. The van der Waals surface area contributed by atoms with Gasteiger partial charge in [-0.25, -0.2) is 4.79 Å². The van der Waals surface area contributed by atoms with Crippen LogP contribution in [-0.4, -0.2) is 15.6 Å². The van der Waals surface area contributed by atoms with Gasteiger partial charge in [-0.05, 0) is 35.4 Å². The fourth-order valence-electron chi connectivity index (χ4n) is 3.70. The SMILES string of the molecule is O=C(O)c1c(CNCc2ccccc2Br)c2ccccc2n1Cc1ccc(Cl)cc1. The summed E-state index contributed by atoms with van der Waals surface area (Å²) in [6.45, 7) is 1.55. The van der Waals surface area contributed by atoms with Gasteiger partial charge in [-0.15, -0.1) is 0 Å². The molecule has 4 aromatic rings. The lowest BCUT2D eigenvalue weighted by Crippen LogP contribution is -2.17. The van der Waals surface area contributed by atoms with Crippen LogP contribution in [-0.2, 0) is 19.6 Å². The average Bonchev–Trinajstić information content (AvgIpc) is 3.05. The van der Waals surface area contributed by atoms with E-state index in [4.69, 9.17) is 11.6 Å². The third-order valence-electron chi connectivity index (χ3n) is 5.11. The molecule has 0 radical (unpaired) electrons. The summed E-state index contributed by atoms with van der Waals surface area (Å²) in [5.41, 5.74) is 4.13. The number of benzene rings is 3. The van der Waals surface area contributed by atoms with Gasteiger partial charge >= 0.3 is 5.97 Å². The topological polar surface area (TPSA) is 54.3 Å². The lowest BCUT2D eigenvalue weighted by molar-refractivity contribution is 0.0685. The van der Waals surface area contributed by atoms with E-state index in [2.05, 4.69) is 21.2 Å². The molecule has 0 aliphatic rings. The molecule has 1 aromatic heterocycles. The molecule has 0 saturated carbocycles. The van der Waals surface area contributed by atoms with Crippen molar-refractivity contribution in [3.63, 3.8) is 0 Å². The highest BCUT2D eigenvalue weighted by molar-refractivity contribution is 9.10. The number of hydrogen-bond donors (Lipinski definition) is 2. The third-order valence-corrected chi connectivity index (χ3v) is 6.13. The van der Waals surface area contributed by atoms with Crippen molar-refractivity contribution in [2.45, 2.75) is 19.6 Å². The first-order chi connectivity index (χ1) is 14.5. The van der Waals surface area contributed by atoms with Crippen molar-refractivity contribution in [2.75, 3.05) is 0 Å². The maximum Gasteiger partial charge on any atom is 0.352 e. The van der Waals surface area contributed by atoms with E-state index in [-0.39, 0.29) is 0 Å². The van der Waals surface area contributed by atoms with Gasteiger partial charge in [0.05, 0.1) is 0 Å². The van der Waals surface area contributed by atoms with Gasteiger partial charge in [-0.1, -0.05) is 76.1 Å². The number of rotatable bonds is 7. The van der Waals surface area contributed by atoms with Crippen LogP contribution in [0.15, 0.2) is 77.3 Å². The second-order valence-electron chi connectivity index (χ2n) is 7.06. The Kier molecular flexibility index (Phi) is 6.23. The summed E-state index contributed by atoms with van der Waals surface area (Å²) in [7, 11) is 0. The smallest absolute Gasteiger partial charge is 0.352 e. The van der Waals surface area contributed by atoms with E-state index in [1.165, 1.54) is 0 Å². The molecule has 0 spiro atoms. The van der Waals surface area contributed by atoms with Gasteiger partial charge in [0.15, 0.2) is 0 Å². The number of hydrogen-bond acceptors (Lipinski definition) is 2. The Bertz CT molecular complexity index is 1200. The molecule has 0 amide bonds. The molecule has 6 heteroatoms. The lowest BCUT2D eigenvalue weighted by atomic mass is 10.1. The van der Waals surface area contributed by atoms with Crippen LogP contribution in [0.4, 0.5) is 0 Å². The Morgan fingerprint density at radius 1 is 0.967 bits per heavy atom. The van der Waals surface area contributed by atoms with Gasteiger partial charge in [0.25, 0.3) is 0 Å². The van der Waals surface area contributed by atoms with E-state index in [1.807, 2.05) is 77.4 Å². The molecule has 0 atom stereocenters. The van der Waals surface area contributed by atoms with Gasteiger partial charge < -0.3 is 15.0 Å². The maximum atomic E-state index is 12.3. The fourth-order valence-corrected chi connectivity index (χ4v) is 4.25. The van der Waals surface area contributed by atoms with Crippen LogP contribution >= 0.6 is 27.5 Å². The highest BCUT2D eigenvalue weighted by atomic mass is 79.9. The molecule has 3 aromatic carbocycles. The number of aromatic carboxylic acids is 1. The maximum absolute atomic E-state index is 12.3. The highest BCUT2D eigenvalue weighted by Crippen LogP contribution is 2.28. The first-order valence-corrected chi connectivity index (χ1v) is 10.7. The minimum atomic E-state index is -0.933. The lowest BCUT2D eigenvalue weighted by Gasteiger charge is -2.10. The predicted octanol–water partition coefficient (Wildman–Crippen LogP) is 6.09. The monoisotopic (exact) mass is 482 g/mol. The zero-order valence-electron chi connectivity index (χ0n) is 16.1. The molecule has 4 nitrogen and oxygen atoms in total. The number of para-hydroxylation sites is 1. The van der Waals surface area contributed by atoms with Crippen molar-refractivity contribution < 1.29 is 9.90 Å². The number of carbonyl (C=O) groups is 1. The zero-order valence-corrected chi connectivity index (χ0v) is 18.5. The van der Waals surface area contributed by atoms with Gasteiger partial charge in [-0.2, -0.15) is 0 Å². The first kappa shape index (κ1) is 20.7. The van der Waals surface area contributed by atoms with Gasteiger partial charge in [0.2, 0.25) is 0 Å². The molecule has 0 aliphatic heterocycles. The average molecular weight is 484 g/mol. The number of nitrogens with zero attached hydrogens (tertiary/aromatic N) is 1. The van der Waals surface area contributed by atoms with Crippen LogP contribution in [0.1, 0.15) is 27.2 Å². The molecule has 0 fully saturated rings. The van der Waals surface area contributed by atoms with Crippen molar-refractivity contribution in [1.29, 1.82) is 0 Å². The van der Waals surface area contributed by atoms with Crippen LogP contribution in [0.3, 0.4) is 0 Å². The minimum Gasteiger partial charge on any atom is -0.477 e. The van der Waals surface area contributed by atoms with Crippen molar-refractivity contribution in [1.82, 2.24) is 9.88 Å². The van der Waals surface area contributed by atoms with Crippen LogP contribution < -0.4 is 5.32 Å². The molecule has 1 heterocycles. The highest BCUT2D eigenvalue weighted by Gasteiger charge is 2.22. The van der Waals surface area contributed by atoms with Crippen LogP contribution in [0.25, 0.3) is 10.9 Å². The second-order valence-corrected chi connectivity index (χ2v) is 8.35. The summed E-state index contributed by atoms with van der Waals surface area (Å²) in [6.07, 6.45) is 0. The van der Waals surface area contributed by atoms with E-state index in [0.717, 1.165) is 32.1 Å². The molecule has 30 heavy (non-hydrogen) atoms. The second kappa shape index (κ2) is 9.04. The number of carboxylic acid groups (broad SMARTS) is 1. The quantitative estimate of drug-likeness (QED) is 0.334. The standard InChI is InChI=1S/C24H20BrClN2O2/c25-21-7-3-1-5-17(21)13-27-14-20-19-6-2-4-8-22(19)28(23(20)24(29)30)15-16-9-11-18(26)12-10-16/h1-12,27H,13-15H2,(H,29,30). The Balaban J connectivity index is 1.70. The number of carboxylic acids is 1. The normalized spacial score (nSPS) is 11.1. The molecule has 2 N–H and O–H groups in total. The molecule has 0 unspecified atom stereocenters. The van der Waals surface area contributed by atoms with Gasteiger partial charge in [0, 0.05) is 45.6 Å². The third kappa shape index (κ3) is 4.29. The Morgan fingerprint density at radius 3 is 2.40 bits per heavy atom. The largest absolute Gasteiger partial charge is 0.477 e. The van der Waals surface area contributed by atoms with E-state index < -0.39 is 5.97 Å². The van der Waals surface area contributed by atoms with Crippen LogP contribution in [0.5, 0.6) is 0 Å². The van der Waals surface area contributed by atoms with Gasteiger partial charge in [-0.3, -0.25) is 0 Å². The molecule has 152 valence electrons. The summed E-state index contributed by atoms with van der Waals surface area (Å²) < 4.78 is 2.90. The summed E-state index contributed by atoms with van der Waals surface area (Å²) in [5, 5.41) is 15.1. The predicted molar refractivity (Wildman–Crippen MR) is 124 cm³/mol. The van der Waals surface area contributed by atoms with E-state index >= 15 is 0 Å². The first-order valence-electron chi connectivity index (χ1n) is 9.56. The number of fused-ring (bicyclic) bond motifs is 1. The summed E-state index contributed by atoms with van der Waals surface area (Å²) in [5.74, 6) is -0.933. The summed E-state index contributed by atoms with van der Waals surface area (Å²) >= 11 is 9.56. The molecule has 0 saturated heterocycles. The Labute approximate surface area is 188 Å². The molecular formula is C24H20BrClN2O2. The fraction of sp³-hybridized carbons (Fsp3) is 0.125. The molecule has 0 aliphatic carbocycles. The van der Waals surface area contributed by atoms with Crippen molar-refractivity contribution >= 4 is 44.4 Å². The number of nitrogens with one attached hydrogen (secondary N) is 1. The van der Waals surface area contributed by atoms with Gasteiger partial charge in [0.1, 0.15) is 5.69 Å². The van der Waals surface area contributed by atoms with E-state index in [1.54, 1.807) is 0 Å². The minimum absolute atomic E-state index is 0.311. The van der Waals surface area contributed by atoms with Crippen molar-refractivity contribution in [3.8, 4) is 0 Å². The molecule has 0 bridgehead atoms. The van der Waals surface area contributed by atoms with Crippen LogP contribution in [0, 0.1) is 0 Å². The summed E-state index contributed by atoms with van der Waals surface area (Å²) in [4.78, 5) is 12.3. The Morgan fingerprint density at radius 2 is 1.67 bits per heavy atom. The molecule has 4 rings (SSSR count). The molecular weight excluding hydrogens is 464 g/mol. The van der Waals surface area contributed by atoms with Crippen molar-refractivity contribution in [2.24, 2.45) is 0 Å². The summed E-state index contributed by atoms with van der Waals surface area (Å²) in [6, 6.07) is 23.3. The number of halogens is 2. The zero-order chi connectivity index (χ0) is 21.1. The van der Waals surface area contributed by atoms with E-state index in [9.17, 15) is 9.90 Å². The van der Waals surface area contributed by atoms with Crippen LogP contribution in [0.2, 0.25) is 5.02 Å². The van der Waals surface area contributed by atoms with E-state index in [0.29, 0.717) is 30.4 Å². The Hall–Kier alpha value is -2.60. The van der Waals surface area contributed by atoms with Crippen molar-refractivity contribution in [3.05, 3.63) is 105 Å².